The third-order valence-electron chi connectivity index (χ3n) is 4.09. The van der Waals surface area contributed by atoms with E-state index >= 15 is 0 Å². The molecule has 3 nitrogen and oxygen atoms in total. The van der Waals surface area contributed by atoms with Crippen molar-refractivity contribution < 1.29 is 14.6 Å². The molecule has 1 aliphatic rings. The van der Waals surface area contributed by atoms with Gasteiger partial charge in [-0.15, -0.1) is 0 Å². The Hall–Kier alpha value is -0.570. The number of ether oxygens (including phenoxy) is 1. The second-order valence-electron chi connectivity index (χ2n) is 6.00. The van der Waals surface area contributed by atoms with Crippen LogP contribution >= 0.6 is 0 Å². The Morgan fingerprint density at radius 2 is 1.81 bits per heavy atom. The minimum Gasteiger partial charge on any atom is -0.481 e. The van der Waals surface area contributed by atoms with Crippen LogP contribution in [0.3, 0.4) is 0 Å². The van der Waals surface area contributed by atoms with E-state index in [0.717, 1.165) is 25.7 Å². The fraction of sp³-hybridized carbons (Fsp3) is 0.923. The first-order valence-corrected chi connectivity index (χ1v) is 6.08. The molecule has 3 heteroatoms. The smallest absolute Gasteiger partial charge is 0.309 e. The van der Waals surface area contributed by atoms with E-state index in [4.69, 9.17) is 4.74 Å². The van der Waals surface area contributed by atoms with E-state index in [2.05, 4.69) is 13.8 Å². The highest BCUT2D eigenvalue weighted by molar-refractivity contribution is 5.74. The number of carboxylic acid groups (broad SMARTS) is 1. The predicted octanol–water partition coefficient (Wildman–Crippen LogP) is 3.08. The Morgan fingerprint density at radius 3 is 2.19 bits per heavy atom. The third kappa shape index (κ3) is 2.97. The molecule has 0 aromatic rings. The highest BCUT2D eigenvalue weighted by atomic mass is 16.5. The molecule has 0 amide bonds. The number of rotatable bonds is 4. The molecule has 0 spiro atoms. The highest BCUT2D eigenvalue weighted by Crippen LogP contribution is 2.47. The van der Waals surface area contributed by atoms with Crippen molar-refractivity contribution in [3.8, 4) is 0 Å². The zero-order valence-electron chi connectivity index (χ0n) is 10.9. The quantitative estimate of drug-likeness (QED) is 0.804. The Morgan fingerprint density at radius 1 is 1.31 bits per heavy atom. The molecule has 1 saturated carbocycles. The van der Waals surface area contributed by atoms with Crippen molar-refractivity contribution in [2.24, 2.45) is 10.8 Å². The second-order valence-corrected chi connectivity index (χ2v) is 6.00. The summed E-state index contributed by atoms with van der Waals surface area (Å²) in [7, 11) is 1.65. The molecule has 0 saturated heterocycles. The van der Waals surface area contributed by atoms with Gasteiger partial charge in [0.2, 0.25) is 0 Å². The zero-order valence-corrected chi connectivity index (χ0v) is 10.9. The topological polar surface area (TPSA) is 46.5 Å². The Balaban J connectivity index is 2.73. The molecular formula is C13H24O3. The maximum atomic E-state index is 11.5. The lowest BCUT2D eigenvalue weighted by molar-refractivity contribution is -0.155. The Bertz CT molecular complexity index is 248. The maximum Gasteiger partial charge on any atom is 0.309 e. The normalized spacial score (nSPS) is 25.0. The first-order valence-electron chi connectivity index (χ1n) is 6.08. The van der Waals surface area contributed by atoms with Crippen molar-refractivity contribution >= 4 is 5.97 Å². The Kier molecular flexibility index (Phi) is 4.00. The first kappa shape index (κ1) is 13.5. The summed E-state index contributed by atoms with van der Waals surface area (Å²) in [5.41, 5.74) is -0.250. The summed E-state index contributed by atoms with van der Waals surface area (Å²) in [6.07, 6.45) is 4.21. The largest absolute Gasteiger partial charge is 0.481 e. The third-order valence-corrected chi connectivity index (χ3v) is 4.09. The summed E-state index contributed by atoms with van der Waals surface area (Å²) in [6.45, 7) is 6.39. The molecule has 0 bridgehead atoms. The van der Waals surface area contributed by atoms with E-state index in [9.17, 15) is 9.90 Å². The highest BCUT2D eigenvalue weighted by Gasteiger charge is 2.44. The van der Waals surface area contributed by atoms with Crippen LogP contribution in [-0.4, -0.2) is 24.3 Å². The molecule has 1 unspecified atom stereocenters. The molecule has 0 radical (unpaired) electrons. The van der Waals surface area contributed by atoms with Crippen LogP contribution in [0.1, 0.15) is 52.9 Å². The fourth-order valence-corrected chi connectivity index (χ4v) is 2.54. The van der Waals surface area contributed by atoms with Crippen molar-refractivity contribution in [2.75, 3.05) is 7.11 Å². The monoisotopic (exact) mass is 228 g/mol. The summed E-state index contributed by atoms with van der Waals surface area (Å²) < 4.78 is 5.22. The van der Waals surface area contributed by atoms with Crippen molar-refractivity contribution in [1.82, 2.24) is 0 Å². The van der Waals surface area contributed by atoms with Gasteiger partial charge in [-0.25, -0.2) is 0 Å². The van der Waals surface area contributed by atoms with Gasteiger partial charge in [0.05, 0.1) is 11.5 Å². The zero-order chi connectivity index (χ0) is 12.4. The van der Waals surface area contributed by atoms with Crippen LogP contribution in [0.4, 0.5) is 0 Å². The summed E-state index contributed by atoms with van der Waals surface area (Å²) in [6, 6.07) is 0. The maximum absolute atomic E-state index is 11.5. The summed E-state index contributed by atoms with van der Waals surface area (Å²) in [5, 5.41) is 9.45. The number of hydrogen-bond donors (Lipinski definition) is 1. The van der Waals surface area contributed by atoms with E-state index in [1.165, 1.54) is 0 Å². The van der Waals surface area contributed by atoms with Crippen molar-refractivity contribution in [2.45, 2.75) is 59.0 Å². The number of aliphatic carboxylic acids is 1. The lowest BCUT2D eigenvalue weighted by atomic mass is 9.63. The number of methoxy groups -OCH3 is 1. The van der Waals surface area contributed by atoms with Crippen LogP contribution in [-0.2, 0) is 9.53 Å². The van der Waals surface area contributed by atoms with Gasteiger partial charge in [0.1, 0.15) is 0 Å². The van der Waals surface area contributed by atoms with Gasteiger partial charge in [-0.1, -0.05) is 13.8 Å². The van der Waals surface area contributed by atoms with Crippen LogP contribution in [0.25, 0.3) is 0 Å². The van der Waals surface area contributed by atoms with Crippen LogP contribution in [0, 0.1) is 10.8 Å². The van der Waals surface area contributed by atoms with Gasteiger partial charge in [-0.05, 0) is 44.4 Å². The standard InChI is InChI=1S/C13H24O3/c1-10(16-4)9-13(11(14)15)7-5-12(2,3)6-8-13/h10H,5-9H2,1-4H3,(H,14,15). The molecule has 1 N–H and O–H groups in total. The van der Waals surface area contributed by atoms with Gasteiger partial charge in [-0.3, -0.25) is 4.79 Å². The van der Waals surface area contributed by atoms with E-state index in [-0.39, 0.29) is 6.10 Å². The molecule has 1 aliphatic carbocycles. The molecule has 1 atom stereocenters. The van der Waals surface area contributed by atoms with Crippen LogP contribution in [0.5, 0.6) is 0 Å². The molecule has 1 fully saturated rings. The fourth-order valence-electron chi connectivity index (χ4n) is 2.54. The number of carboxylic acids is 1. The summed E-state index contributed by atoms with van der Waals surface area (Å²) in [4.78, 5) is 11.5. The van der Waals surface area contributed by atoms with Crippen LogP contribution in [0.2, 0.25) is 0 Å². The second kappa shape index (κ2) is 4.74. The lowest BCUT2D eigenvalue weighted by Crippen LogP contribution is -2.40. The minimum atomic E-state index is -0.646. The van der Waals surface area contributed by atoms with Crippen molar-refractivity contribution in [1.29, 1.82) is 0 Å². The van der Waals surface area contributed by atoms with Crippen LogP contribution < -0.4 is 0 Å². The van der Waals surface area contributed by atoms with E-state index < -0.39 is 11.4 Å². The van der Waals surface area contributed by atoms with E-state index in [1.807, 2.05) is 6.92 Å². The van der Waals surface area contributed by atoms with Gasteiger partial charge in [-0.2, -0.15) is 0 Å². The van der Waals surface area contributed by atoms with Crippen molar-refractivity contribution in [3.63, 3.8) is 0 Å². The van der Waals surface area contributed by atoms with Crippen LogP contribution in [0.15, 0.2) is 0 Å². The molecule has 0 heterocycles. The lowest BCUT2D eigenvalue weighted by Gasteiger charge is -2.41. The van der Waals surface area contributed by atoms with Gasteiger partial charge in [0.15, 0.2) is 0 Å². The van der Waals surface area contributed by atoms with Gasteiger partial charge in [0, 0.05) is 7.11 Å². The number of carbonyl (C=O) groups is 1. The van der Waals surface area contributed by atoms with Gasteiger partial charge >= 0.3 is 5.97 Å². The summed E-state index contributed by atoms with van der Waals surface area (Å²) in [5.74, 6) is -0.646. The van der Waals surface area contributed by atoms with E-state index in [0.29, 0.717) is 11.8 Å². The molecule has 0 aromatic heterocycles. The molecule has 94 valence electrons. The number of hydrogen-bond acceptors (Lipinski definition) is 2. The minimum absolute atomic E-state index is 0.0253. The molecular weight excluding hydrogens is 204 g/mol. The van der Waals surface area contributed by atoms with Gasteiger partial charge in [0.25, 0.3) is 0 Å². The molecule has 16 heavy (non-hydrogen) atoms. The van der Waals surface area contributed by atoms with E-state index in [1.54, 1.807) is 7.11 Å². The van der Waals surface area contributed by atoms with Gasteiger partial charge < -0.3 is 9.84 Å². The molecule has 1 rings (SSSR count). The average molecular weight is 228 g/mol. The van der Waals surface area contributed by atoms with Crippen molar-refractivity contribution in [3.05, 3.63) is 0 Å². The first-order chi connectivity index (χ1) is 7.31. The Labute approximate surface area is 98.2 Å². The predicted molar refractivity (Wildman–Crippen MR) is 63.4 cm³/mol. The molecule has 0 aromatic carbocycles. The SMILES string of the molecule is COC(C)CC1(C(=O)O)CCC(C)(C)CC1. The molecule has 0 aliphatic heterocycles. The average Bonchev–Trinajstić information content (AvgIpc) is 2.21. The summed E-state index contributed by atoms with van der Waals surface area (Å²) >= 11 is 0.